The van der Waals surface area contributed by atoms with E-state index in [2.05, 4.69) is 35.4 Å². The van der Waals surface area contributed by atoms with Crippen molar-refractivity contribution in [3.8, 4) is 0 Å². The fourth-order valence-corrected chi connectivity index (χ4v) is 4.14. The second-order valence-corrected chi connectivity index (χ2v) is 7.77. The lowest BCUT2D eigenvalue weighted by Crippen LogP contribution is -2.33. The van der Waals surface area contributed by atoms with Crippen LogP contribution in [0.5, 0.6) is 0 Å². The highest BCUT2D eigenvalue weighted by Gasteiger charge is 2.26. The summed E-state index contributed by atoms with van der Waals surface area (Å²) in [6, 6.07) is 16.4. The minimum atomic E-state index is 0.154. The number of imidazole rings is 1. The highest BCUT2D eigenvalue weighted by Crippen LogP contribution is 2.31. The van der Waals surface area contributed by atoms with Crippen LogP contribution in [-0.2, 0) is 17.8 Å². The van der Waals surface area contributed by atoms with Gasteiger partial charge in [0, 0.05) is 18.9 Å². The Kier molecular flexibility index (Phi) is 5.23. The number of para-hydroxylation sites is 2. The SMILES string of the molecule is Cc1ccccc1CNC(=O)[C@H]1CC[C@H](Cc2nc3ccccc3[nH]2)CC1. The van der Waals surface area contributed by atoms with Crippen molar-refractivity contribution >= 4 is 16.9 Å². The van der Waals surface area contributed by atoms with E-state index in [-0.39, 0.29) is 11.8 Å². The van der Waals surface area contributed by atoms with Crippen LogP contribution >= 0.6 is 0 Å². The molecule has 140 valence electrons. The predicted octanol–water partition coefficient (Wildman–Crippen LogP) is 4.54. The Balaban J connectivity index is 1.27. The third-order valence-electron chi connectivity index (χ3n) is 5.85. The second kappa shape index (κ2) is 7.95. The lowest BCUT2D eigenvalue weighted by Gasteiger charge is -2.27. The van der Waals surface area contributed by atoms with Crippen molar-refractivity contribution in [1.82, 2.24) is 15.3 Å². The van der Waals surface area contributed by atoms with Crippen molar-refractivity contribution in [1.29, 1.82) is 0 Å². The summed E-state index contributed by atoms with van der Waals surface area (Å²) in [6.07, 6.45) is 5.13. The Morgan fingerprint density at radius 3 is 2.59 bits per heavy atom. The zero-order valence-corrected chi connectivity index (χ0v) is 15.9. The van der Waals surface area contributed by atoms with Crippen LogP contribution in [0.1, 0.15) is 42.6 Å². The van der Waals surface area contributed by atoms with Gasteiger partial charge in [0.25, 0.3) is 0 Å². The van der Waals surface area contributed by atoms with Crippen molar-refractivity contribution in [3.63, 3.8) is 0 Å². The van der Waals surface area contributed by atoms with Gasteiger partial charge in [0.05, 0.1) is 11.0 Å². The first-order valence-electron chi connectivity index (χ1n) is 9.95. The quantitative estimate of drug-likeness (QED) is 0.701. The van der Waals surface area contributed by atoms with Gasteiger partial charge in [0.1, 0.15) is 5.82 Å². The largest absolute Gasteiger partial charge is 0.352 e. The number of aryl methyl sites for hydroxylation is 1. The molecule has 0 saturated heterocycles. The summed E-state index contributed by atoms with van der Waals surface area (Å²) in [5.74, 6) is 2.05. The van der Waals surface area contributed by atoms with Crippen LogP contribution in [0, 0.1) is 18.8 Å². The molecule has 1 saturated carbocycles. The van der Waals surface area contributed by atoms with Gasteiger partial charge in [-0.25, -0.2) is 4.98 Å². The Hall–Kier alpha value is -2.62. The number of aromatic amines is 1. The van der Waals surface area contributed by atoms with Crippen molar-refractivity contribution in [2.75, 3.05) is 0 Å². The molecular weight excluding hydrogens is 334 g/mol. The summed E-state index contributed by atoms with van der Waals surface area (Å²) in [4.78, 5) is 20.7. The summed E-state index contributed by atoms with van der Waals surface area (Å²) < 4.78 is 0. The van der Waals surface area contributed by atoms with Gasteiger partial charge in [-0.2, -0.15) is 0 Å². The number of hydrogen-bond acceptors (Lipinski definition) is 2. The topological polar surface area (TPSA) is 57.8 Å². The molecule has 0 bridgehead atoms. The number of aromatic nitrogens is 2. The van der Waals surface area contributed by atoms with Gasteiger partial charge in [0.15, 0.2) is 0 Å². The fourth-order valence-electron chi connectivity index (χ4n) is 4.14. The summed E-state index contributed by atoms with van der Waals surface area (Å²) in [5.41, 5.74) is 4.57. The summed E-state index contributed by atoms with van der Waals surface area (Å²) in [7, 11) is 0. The van der Waals surface area contributed by atoms with Gasteiger partial charge >= 0.3 is 0 Å². The van der Waals surface area contributed by atoms with Gasteiger partial charge in [0.2, 0.25) is 5.91 Å². The molecule has 4 heteroatoms. The molecule has 4 nitrogen and oxygen atoms in total. The first-order chi connectivity index (χ1) is 13.2. The number of H-pyrrole nitrogens is 1. The van der Waals surface area contributed by atoms with Crippen LogP contribution in [0.3, 0.4) is 0 Å². The highest BCUT2D eigenvalue weighted by atomic mass is 16.1. The number of carbonyl (C=O) groups is 1. The summed E-state index contributed by atoms with van der Waals surface area (Å²) in [5, 5.41) is 3.13. The van der Waals surface area contributed by atoms with Crippen molar-refractivity contribution < 1.29 is 4.79 Å². The fraction of sp³-hybridized carbons (Fsp3) is 0.391. The molecule has 1 aliphatic carbocycles. The van der Waals surface area contributed by atoms with Crippen LogP contribution in [-0.4, -0.2) is 15.9 Å². The lowest BCUT2D eigenvalue weighted by molar-refractivity contribution is -0.126. The van der Waals surface area contributed by atoms with Crippen LogP contribution in [0.15, 0.2) is 48.5 Å². The molecule has 1 aliphatic rings. The van der Waals surface area contributed by atoms with E-state index in [1.807, 2.05) is 30.3 Å². The second-order valence-electron chi connectivity index (χ2n) is 7.77. The number of fused-ring (bicyclic) bond motifs is 1. The van der Waals surface area contributed by atoms with E-state index in [1.54, 1.807) is 0 Å². The summed E-state index contributed by atoms with van der Waals surface area (Å²) >= 11 is 0. The number of benzene rings is 2. The maximum atomic E-state index is 12.5. The standard InChI is InChI=1S/C23H27N3O/c1-16-6-2-3-7-19(16)15-24-23(27)18-12-10-17(11-13-18)14-22-25-20-8-4-5-9-21(20)26-22/h2-9,17-18H,10-15H2,1H3,(H,24,27)(H,25,26)/t17-,18-. The number of hydrogen-bond donors (Lipinski definition) is 2. The molecule has 2 aromatic carbocycles. The maximum Gasteiger partial charge on any atom is 0.223 e. The molecule has 1 fully saturated rings. The van der Waals surface area contributed by atoms with E-state index >= 15 is 0 Å². The average Bonchev–Trinajstić information content (AvgIpc) is 3.10. The molecular formula is C23H27N3O. The van der Waals surface area contributed by atoms with Crippen LogP contribution in [0.2, 0.25) is 0 Å². The number of nitrogens with one attached hydrogen (secondary N) is 2. The smallest absolute Gasteiger partial charge is 0.223 e. The third-order valence-corrected chi connectivity index (χ3v) is 5.85. The molecule has 0 aliphatic heterocycles. The molecule has 1 aromatic heterocycles. The monoisotopic (exact) mass is 361 g/mol. The maximum absolute atomic E-state index is 12.5. The zero-order valence-electron chi connectivity index (χ0n) is 15.9. The lowest BCUT2D eigenvalue weighted by atomic mass is 9.80. The minimum Gasteiger partial charge on any atom is -0.352 e. The van der Waals surface area contributed by atoms with E-state index in [1.165, 1.54) is 11.1 Å². The molecule has 27 heavy (non-hydrogen) atoms. The molecule has 0 atom stereocenters. The molecule has 0 spiro atoms. The number of rotatable bonds is 5. The molecule has 1 heterocycles. The van der Waals surface area contributed by atoms with Crippen LogP contribution in [0.4, 0.5) is 0 Å². The predicted molar refractivity (Wildman–Crippen MR) is 108 cm³/mol. The Morgan fingerprint density at radius 2 is 1.81 bits per heavy atom. The van der Waals surface area contributed by atoms with E-state index in [4.69, 9.17) is 4.98 Å². The van der Waals surface area contributed by atoms with Gasteiger partial charge in [-0.1, -0.05) is 36.4 Å². The molecule has 4 rings (SSSR count). The number of carbonyl (C=O) groups excluding carboxylic acids is 1. The average molecular weight is 361 g/mol. The van der Waals surface area contributed by atoms with Crippen molar-refractivity contribution in [2.24, 2.45) is 11.8 Å². The van der Waals surface area contributed by atoms with E-state index in [9.17, 15) is 4.79 Å². The highest BCUT2D eigenvalue weighted by molar-refractivity contribution is 5.78. The van der Waals surface area contributed by atoms with Gasteiger partial charge in [-0.15, -0.1) is 0 Å². The van der Waals surface area contributed by atoms with Gasteiger partial charge < -0.3 is 10.3 Å². The van der Waals surface area contributed by atoms with Crippen LogP contribution in [0.25, 0.3) is 11.0 Å². The van der Waals surface area contributed by atoms with E-state index in [0.717, 1.165) is 49.0 Å². The van der Waals surface area contributed by atoms with Crippen molar-refractivity contribution in [3.05, 3.63) is 65.5 Å². The number of nitrogens with zero attached hydrogens (tertiary/aromatic N) is 1. The minimum absolute atomic E-state index is 0.154. The first kappa shape index (κ1) is 17.8. The normalized spacial score (nSPS) is 19.9. The van der Waals surface area contributed by atoms with Gasteiger partial charge in [-0.05, 0) is 61.8 Å². The molecule has 2 N–H and O–H groups in total. The van der Waals surface area contributed by atoms with E-state index < -0.39 is 0 Å². The zero-order chi connectivity index (χ0) is 18.6. The van der Waals surface area contributed by atoms with E-state index in [0.29, 0.717) is 12.5 Å². The number of amides is 1. The third kappa shape index (κ3) is 4.21. The molecule has 0 unspecified atom stereocenters. The van der Waals surface area contributed by atoms with Crippen LogP contribution < -0.4 is 5.32 Å². The summed E-state index contributed by atoms with van der Waals surface area (Å²) in [6.45, 7) is 2.72. The Morgan fingerprint density at radius 1 is 1.07 bits per heavy atom. The Bertz CT molecular complexity index is 889. The van der Waals surface area contributed by atoms with Gasteiger partial charge in [-0.3, -0.25) is 4.79 Å². The first-order valence-corrected chi connectivity index (χ1v) is 9.95. The van der Waals surface area contributed by atoms with Crippen molar-refractivity contribution in [2.45, 2.75) is 45.6 Å². The molecule has 3 aromatic rings. The Labute approximate surface area is 160 Å². The molecule has 0 radical (unpaired) electrons. The molecule has 1 amide bonds.